The summed E-state index contributed by atoms with van der Waals surface area (Å²) in [5, 5.41) is 0. The molecule has 0 amide bonds. The zero-order valence-electron chi connectivity index (χ0n) is 7.95. The van der Waals surface area contributed by atoms with E-state index in [0.29, 0.717) is 18.4 Å². The normalized spacial score (nSPS) is 21.7. The summed E-state index contributed by atoms with van der Waals surface area (Å²) in [5.41, 5.74) is 0. The van der Waals surface area contributed by atoms with Crippen LogP contribution in [0.1, 0.15) is 27.2 Å². The van der Waals surface area contributed by atoms with Crippen LogP contribution in [-0.2, 0) is 4.79 Å². The first kappa shape index (κ1) is 9.17. The van der Waals surface area contributed by atoms with Crippen LogP contribution in [0, 0.1) is 5.92 Å². The number of hydrogen-bond acceptors (Lipinski definition) is 1. The highest BCUT2D eigenvalue weighted by Crippen LogP contribution is 2.10. The Morgan fingerprint density at radius 1 is 1.58 bits per heavy atom. The molecule has 0 radical (unpaired) electrons. The summed E-state index contributed by atoms with van der Waals surface area (Å²) in [4.78, 5) is 10.8. The molecule has 1 heterocycles. The average Bonchev–Trinajstić information content (AvgIpc) is 2.34. The van der Waals surface area contributed by atoms with Gasteiger partial charge < -0.3 is 0 Å². The highest BCUT2D eigenvalue weighted by atomic mass is 16.1. The Morgan fingerprint density at radius 3 is 2.67 bits per heavy atom. The molecule has 0 aliphatic carbocycles. The lowest BCUT2D eigenvalue weighted by atomic mass is 10.1. The molecule has 0 aromatic heterocycles. The summed E-state index contributed by atoms with van der Waals surface area (Å²) in [6.07, 6.45) is 6.89. The number of ketones is 1. The van der Waals surface area contributed by atoms with E-state index in [1.807, 2.05) is 0 Å². The number of rotatable bonds is 3. The number of allylic oxidation sites excluding steroid dienone is 1. The molecule has 2 heteroatoms. The Labute approximate surface area is 73.6 Å². The molecule has 0 bridgehead atoms. The van der Waals surface area contributed by atoms with Crippen LogP contribution in [-0.4, -0.2) is 22.6 Å². The molecule has 0 saturated heterocycles. The first-order valence-electron chi connectivity index (χ1n) is 4.40. The molecule has 0 fully saturated rings. The molecule has 2 nitrogen and oxygen atoms in total. The second-order valence-electron chi connectivity index (χ2n) is 3.60. The highest BCUT2D eigenvalue weighted by Gasteiger charge is 2.19. The Morgan fingerprint density at radius 2 is 2.25 bits per heavy atom. The van der Waals surface area contributed by atoms with Crippen molar-refractivity contribution in [2.75, 3.05) is 0 Å². The van der Waals surface area contributed by atoms with Crippen LogP contribution < -0.4 is 0 Å². The third-order valence-corrected chi connectivity index (χ3v) is 1.99. The van der Waals surface area contributed by atoms with E-state index in [2.05, 4.69) is 36.9 Å². The van der Waals surface area contributed by atoms with E-state index in [-0.39, 0.29) is 5.78 Å². The molecule has 12 heavy (non-hydrogen) atoms. The van der Waals surface area contributed by atoms with Crippen molar-refractivity contribution in [3.05, 3.63) is 12.3 Å². The van der Waals surface area contributed by atoms with Gasteiger partial charge in [0.2, 0.25) is 0 Å². The van der Waals surface area contributed by atoms with Crippen LogP contribution in [0.4, 0.5) is 0 Å². The van der Waals surface area contributed by atoms with Crippen LogP contribution in [0.3, 0.4) is 0 Å². The van der Waals surface area contributed by atoms with Gasteiger partial charge in [0.25, 0.3) is 0 Å². The molecule has 1 aliphatic heterocycles. The SMILES string of the molecule is CC(=O)CC1C=C[N+](C(C)C)=C1. The molecule has 1 atom stereocenters. The smallest absolute Gasteiger partial charge is 0.165 e. The summed E-state index contributed by atoms with van der Waals surface area (Å²) in [6, 6.07) is 0.498. The largest absolute Gasteiger partial charge is 0.300 e. The molecule has 1 rings (SSSR count). The Hall–Kier alpha value is -0.920. The highest BCUT2D eigenvalue weighted by molar-refractivity contribution is 5.80. The summed E-state index contributed by atoms with van der Waals surface area (Å²) in [7, 11) is 0. The van der Waals surface area contributed by atoms with Gasteiger partial charge in [-0.1, -0.05) is 0 Å². The van der Waals surface area contributed by atoms with E-state index in [1.165, 1.54) is 0 Å². The van der Waals surface area contributed by atoms with Crippen LogP contribution in [0.2, 0.25) is 0 Å². The maximum Gasteiger partial charge on any atom is 0.165 e. The Balaban J connectivity index is 2.54. The number of carbonyl (C=O) groups excluding carboxylic acids is 1. The van der Waals surface area contributed by atoms with Crippen LogP contribution in [0.5, 0.6) is 0 Å². The summed E-state index contributed by atoms with van der Waals surface area (Å²) >= 11 is 0. The number of Topliss-reactive ketones (excluding diaryl/α,β-unsaturated/α-hetero) is 1. The van der Waals surface area contributed by atoms with Gasteiger partial charge in [-0.05, 0) is 26.8 Å². The summed E-state index contributed by atoms with van der Waals surface area (Å²) in [5.74, 6) is 0.580. The molecule has 66 valence electrons. The zero-order chi connectivity index (χ0) is 9.14. The van der Waals surface area contributed by atoms with E-state index in [4.69, 9.17) is 0 Å². The topological polar surface area (TPSA) is 20.1 Å². The van der Waals surface area contributed by atoms with Crippen LogP contribution >= 0.6 is 0 Å². The fourth-order valence-corrected chi connectivity index (χ4v) is 1.33. The second-order valence-corrected chi connectivity index (χ2v) is 3.60. The first-order valence-corrected chi connectivity index (χ1v) is 4.40. The third-order valence-electron chi connectivity index (χ3n) is 1.99. The quantitative estimate of drug-likeness (QED) is 0.583. The lowest BCUT2D eigenvalue weighted by Gasteiger charge is -1.98. The van der Waals surface area contributed by atoms with E-state index >= 15 is 0 Å². The molecule has 0 spiro atoms. The second kappa shape index (κ2) is 3.65. The first-order chi connectivity index (χ1) is 5.59. The van der Waals surface area contributed by atoms with Gasteiger partial charge in [0.05, 0.1) is 5.92 Å². The molecular weight excluding hydrogens is 150 g/mol. The molecule has 0 aromatic rings. The van der Waals surface area contributed by atoms with Crippen molar-refractivity contribution >= 4 is 12.0 Å². The van der Waals surface area contributed by atoms with Gasteiger partial charge in [-0.2, -0.15) is 0 Å². The fraction of sp³-hybridized carbons (Fsp3) is 0.600. The van der Waals surface area contributed by atoms with Crippen molar-refractivity contribution in [1.29, 1.82) is 0 Å². The maximum absolute atomic E-state index is 10.8. The van der Waals surface area contributed by atoms with E-state index < -0.39 is 0 Å². The minimum atomic E-state index is 0.256. The van der Waals surface area contributed by atoms with Gasteiger partial charge in [0.15, 0.2) is 18.5 Å². The van der Waals surface area contributed by atoms with Gasteiger partial charge in [-0.15, -0.1) is 0 Å². The van der Waals surface area contributed by atoms with Gasteiger partial charge in [0.1, 0.15) is 5.78 Å². The lowest BCUT2D eigenvalue weighted by molar-refractivity contribution is -0.484. The Kier molecular flexibility index (Phi) is 2.79. The van der Waals surface area contributed by atoms with Crippen LogP contribution in [0.15, 0.2) is 12.3 Å². The monoisotopic (exact) mass is 166 g/mol. The predicted octanol–water partition coefficient (Wildman–Crippen LogP) is 1.60. The number of nitrogens with zero attached hydrogens (tertiary/aromatic N) is 1. The van der Waals surface area contributed by atoms with Crippen molar-refractivity contribution in [2.45, 2.75) is 33.2 Å². The Bertz CT molecular complexity index is 238. The summed E-state index contributed by atoms with van der Waals surface area (Å²) < 4.78 is 2.15. The molecule has 0 saturated carbocycles. The molecular formula is C10H16NO+. The molecule has 0 aromatic carbocycles. The van der Waals surface area contributed by atoms with Gasteiger partial charge in [0, 0.05) is 6.42 Å². The minimum Gasteiger partial charge on any atom is -0.300 e. The van der Waals surface area contributed by atoms with Crippen molar-refractivity contribution in [1.82, 2.24) is 0 Å². The zero-order valence-corrected chi connectivity index (χ0v) is 7.95. The molecule has 0 N–H and O–H groups in total. The molecule has 1 unspecified atom stereocenters. The minimum absolute atomic E-state index is 0.256. The van der Waals surface area contributed by atoms with Crippen molar-refractivity contribution < 1.29 is 9.37 Å². The standard InChI is InChI=1S/C10H16NO/c1-8(2)11-5-4-10(7-11)6-9(3)12/h4-5,7-8,10H,6H2,1-3H3/q+1. The number of hydrogen-bond donors (Lipinski definition) is 0. The van der Waals surface area contributed by atoms with Gasteiger partial charge in [-0.3, -0.25) is 4.79 Å². The maximum atomic E-state index is 10.8. The van der Waals surface area contributed by atoms with Gasteiger partial charge >= 0.3 is 0 Å². The number of carbonyl (C=O) groups is 1. The van der Waals surface area contributed by atoms with E-state index in [9.17, 15) is 4.79 Å². The van der Waals surface area contributed by atoms with Gasteiger partial charge in [-0.25, -0.2) is 4.58 Å². The van der Waals surface area contributed by atoms with Crippen LogP contribution in [0.25, 0.3) is 0 Å². The lowest BCUT2D eigenvalue weighted by Crippen LogP contribution is -2.14. The van der Waals surface area contributed by atoms with E-state index in [1.54, 1.807) is 6.92 Å². The van der Waals surface area contributed by atoms with Crippen molar-refractivity contribution in [3.8, 4) is 0 Å². The summed E-state index contributed by atoms with van der Waals surface area (Å²) in [6.45, 7) is 5.91. The van der Waals surface area contributed by atoms with E-state index in [0.717, 1.165) is 0 Å². The third kappa shape index (κ3) is 2.29. The van der Waals surface area contributed by atoms with Crippen molar-refractivity contribution in [3.63, 3.8) is 0 Å². The predicted molar refractivity (Wildman–Crippen MR) is 49.4 cm³/mol. The molecule has 1 aliphatic rings. The average molecular weight is 166 g/mol. The fourth-order valence-electron chi connectivity index (χ4n) is 1.33. The van der Waals surface area contributed by atoms with Crippen molar-refractivity contribution in [2.24, 2.45) is 5.92 Å².